The number of ether oxygens (including phenoxy) is 2. The standard InChI is InChI=1S/C26H35ClN6O3.ClH/c27-21-18-24(25-29-30-26(34)33(25)19-21)28-8-2-4-20-3-1-5-23(17-20)36-16-11-31-9-6-22(7-10-31)32-12-14-35-15-13-32;/h1,3,5,17-19,22,28H,2,4,6-16H2,(H,30,34);1H. The van der Waals surface area contributed by atoms with Gasteiger partial charge in [0.2, 0.25) is 0 Å². The topological polar surface area (TPSA) is 87.1 Å². The first-order valence-electron chi connectivity index (χ1n) is 12.9. The summed E-state index contributed by atoms with van der Waals surface area (Å²) in [5.74, 6) is 0.927. The number of rotatable bonds is 10. The summed E-state index contributed by atoms with van der Waals surface area (Å²) >= 11 is 6.14. The van der Waals surface area contributed by atoms with Gasteiger partial charge in [-0.3, -0.25) is 9.80 Å². The van der Waals surface area contributed by atoms with Crippen LogP contribution in [0.5, 0.6) is 5.75 Å². The highest BCUT2D eigenvalue weighted by atomic mass is 35.5. The predicted octanol–water partition coefficient (Wildman–Crippen LogP) is 3.32. The maximum Gasteiger partial charge on any atom is 0.347 e. The molecule has 0 spiro atoms. The third-order valence-electron chi connectivity index (χ3n) is 7.13. The van der Waals surface area contributed by atoms with Gasteiger partial charge in [0.15, 0.2) is 5.65 Å². The number of aryl methyl sites for hydroxylation is 1. The van der Waals surface area contributed by atoms with Gasteiger partial charge in [0.25, 0.3) is 0 Å². The number of nitrogens with zero attached hydrogens (tertiary/aromatic N) is 4. The lowest BCUT2D eigenvalue weighted by Crippen LogP contribution is -2.49. The first-order chi connectivity index (χ1) is 17.7. The molecule has 2 fully saturated rings. The van der Waals surface area contributed by atoms with Crippen LogP contribution in [0.2, 0.25) is 5.02 Å². The molecule has 3 aromatic rings. The Morgan fingerprint density at radius 3 is 2.78 bits per heavy atom. The molecule has 0 aliphatic carbocycles. The summed E-state index contributed by atoms with van der Waals surface area (Å²) in [5, 5.41) is 10.4. The van der Waals surface area contributed by atoms with Crippen LogP contribution in [-0.2, 0) is 11.2 Å². The molecule has 5 rings (SSSR count). The highest BCUT2D eigenvalue weighted by Crippen LogP contribution is 2.21. The van der Waals surface area contributed by atoms with Gasteiger partial charge in [0.1, 0.15) is 12.4 Å². The number of halogens is 2. The molecule has 2 aliphatic heterocycles. The number of hydrogen-bond acceptors (Lipinski definition) is 7. The van der Waals surface area contributed by atoms with Crippen LogP contribution < -0.4 is 15.7 Å². The number of pyridine rings is 1. The Balaban J connectivity index is 0.00000320. The molecule has 11 heteroatoms. The first kappa shape index (κ1) is 27.7. The fourth-order valence-electron chi connectivity index (χ4n) is 5.16. The molecule has 37 heavy (non-hydrogen) atoms. The Hall–Kier alpha value is -2.30. The second-order valence-corrected chi connectivity index (χ2v) is 9.98. The van der Waals surface area contributed by atoms with E-state index in [1.807, 2.05) is 6.07 Å². The Bertz CT molecular complexity index is 1190. The van der Waals surface area contributed by atoms with Crippen molar-refractivity contribution < 1.29 is 9.47 Å². The molecule has 2 aliphatic rings. The van der Waals surface area contributed by atoms with Crippen LogP contribution >= 0.6 is 24.0 Å². The highest BCUT2D eigenvalue weighted by molar-refractivity contribution is 6.30. The van der Waals surface area contributed by atoms with Crippen molar-refractivity contribution in [2.24, 2.45) is 0 Å². The number of aromatic nitrogens is 3. The van der Waals surface area contributed by atoms with Crippen LogP contribution in [-0.4, -0.2) is 89.5 Å². The summed E-state index contributed by atoms with van der Waals surface area (Å²) in [7, 11) is 0. The molecule has 0 radical (unpaired) electrons. The van der Waals surface area contributed by atoms with E-state index in [0.717, 1.165) is 76.8 Å². The lowest BCUT2D eigenvalue weighted by Gasteiger charge is -2.40. The maximum absolute atomic E-state index is 11.8. The van der Waals surface area contributed by atoms with E-state index in [-0.39, 0.29) is 18.1 Å². The molecular weight excluding hydrogens is 515 g/mol. The highest BCUT2D eigenvalue weighted by Gasteiger charge is 2.25. The molecule has 1 aromatic carbocycles. The number of nitrogens with one attached hydrogen (secondary N) is 2. The van der Waals surface area contributed by atoms with E-state index in [4.69, 9.17) is 21.1 Å². The van der Waals surface area contributed by atoms with Crippen molar-refractivity contribution in [2.45, 2.75) is 31.7 Å². The third kappa shape index (κ3) is 7.39. The number of morpholine rings is 1. The molecule has 2 saturated heterocycles. The van der Waals surface area contributed by atoms with Crippen molar-refractivity contribution in [2.75, 3.05) is 64.4 Å². The first-order valence-corrected chi connectivity index (χ1v) is 13.3. The number of benzene rings is 1. The molecule has 0 atom stereocenters. The molecule has 0 saturated carbocycles. The van der Waals surface area contributed by atoms with Gasteiger partial charge in [0.05, 0.1) is 23.9 Å². The fraction of sp³-hybridized carbons (Fsp3) is 0.538. The summed E-state index contributed by atoms with van der Waals surface area (Å²) < 4.78 is 13.0. The Kier molecular flexibility index (Phi) is 10.1. The van der Waals surface area contributed by atoms with Gasteiger partial charge in [-0.1, -0.05) is 23.7 Å². The summed E-state index contributed by atoms with van der Waals surface area (Å²) in [6.45, 7) is 8.61. The molecule has 0 amide bonds. The number of likely N-dealkylation sites (tertiary alicyclic amines) is 1. The van der Waals surface area contributed by atoms with Crippen molar-refractivity contribution in [1.82, 2.24) is 24.4 Å². The van der Waals surface area contributed by atoms with E-state index >= 15 is 0 Å². The predicted molar refractivity (Wildman–Crippen MR) is 149 cm³/mol. The molecule has 202 valence electrons. The number of fused-ring (bicyclic) bond motifs is 1. The minimum Gasteiger partial charge on any atom is -0.492 e. The van der Waals surface area contributed by atoms with Gasteiger partial charge in [-0.15, -0.1) is 12.4 Å². The van der Waals surface area contributed by atoms with Gasteiger partial charge in [0, 0.05) is 38.4 Å². The van der Waals surface area contributed by atoms with E-state index in [1.54, 1.807) is 12.3 Å². The molecule has 2 N–H and O–H groups in total. The van der Waals surface area contributed by atoms with Crippen molar-refractivity contribution in [3.8, 4) is 5.75 Å². The monoisotopic (exact) mass is 550 g/mol. The molecule has 0 unspecified atom stereocenters. The second-order valence-electron chi connectivity index (χ2n) is 9.54. The summed E-state index contributed by atoms with van der Waals surface area (Å²) in [4.78, 5) is 16.9. The quantitative estimate of drug-likeness (QED) is 0.374. The molecular formula is C26H36Cl2N6O3. The average molecular weight is 552 g/mol. The van der Waals surface area contributed by atoms with E-state index in [0.29, 0.717) is 23.3 Å². The normalized spacial score (nSPS) is 17.5. The van der Waals surface area contributed by atoms with Crippen LogP contribution in [0.15, 0.2) is 41.3 Å². The molecule has 4 heterocycles. The van der Waals surface area contributed by atoms with Gasteiger partial charge in [-0.05, 0) is 62.5 Å². The van der Waals surface area contributed by atoms with E-state index in [1.165, 1.54) is 22.8 Å². The van der Waals surface area contributed by atoms with Gasteiger partial charge >= 0.3 is 5.69 Å². The zero-order chi connectivity index (χ0) is 24.7. The second kappa shape index (κ2) is 13.5. The van der Waals surface area contributed by atoms with Crippen LogP contribution in [0, 0.1) is 0 Å². The Labute approximate surface area is 228 Å². The summed E-state index contributed by atoms with van der Waals surface area (Å²) in [6.07, 6.45) is 5.88. The van der Waals surface area contributed by atoms with Crippen LogP contribution in [0.25, 0.3) is 5.65 Å². The van der Waals surface area contributed by atoms with Crippen LogP contribution in [0.4, 0.5) is 5.69 Å². The van der Waals surface area contributed by atoms with Gasteiger partial charge in [-0.25, -0.2) is 14.3 Å². The summed E-state index contributed by atoms with van der Waals surface area (Å²) in [6, 6.07) is 10.9. The van der Waals surface area contributed by atoms with Crippen LogP contribution in [0.3, 0.4) is 0 Å². The number of H-pyrrole nitrogens is 1. The average Bonchev–Trinajstić information content (AvgIpc) is 3.28. The van der Waals surface area contributed by atoms with E-state index in [2.05, 4.69) is 43.5 Å². The van der Waals surface area contributed by atoms with Gasteiger partial charge in [-0.2, -0.15) is 5.10 Å². The van der Waals surface area contributed by atoms with Crippen molar-refractivity contribution in [1.29, 1.82) is 0 Å². The number of aromatic amines is 1. The molecule has 9 nitrogen and oxygen atoms in total. The lowest BCUT2D eigenvalue weighted by atomic mass is 10.0. The largest absolute Gasteiger partial charge is 0.492 e. The number of piperidine rings is 1. The van der Waals surface area contributed by atoms with Crippen LogP contribution in [0.1, 0.15) is 24.8 Å². The van der Waals surface area contributed by atoms with E-state index in [9.17, 15) is 4.79 Å². The number of hydrogen-bond donors (Lipinski definition) is 2. The van der Waals surface area contributed by atoms with E-state index < -0.39 is 0 Å². The lowest BCUT2D eigenvalue weighted by molar-refractivity contribution is 0.0000700. The SMILES string of the molecule is Cl.O=c1[nH]nc2c(NCCCc3cccc(OCCN4CCC(N5CCOCC5)CC4)c3)cc(Cl)cn12. The molecule has 2 aromatic heterocycles. The third-order valence-corrected chi connectivity index (χ3v) is 7.34. The van der Waals surface area contributed by atoms with Crippen molar-refractivity contribution in [3.05, 3.63) is 57.6 Å². The summed E-state index contributed by atoms with van der Waals surface area (Å²) in [5.41, 5.74) is 2.23. The minimum absolute atomic E-state index is 0. The van der Waals surface area contributed by atoms with Crippen molar-refractivity contribution >= 4 is 35.3 Å². The number of anilines is 1. The maximum atomic E-state index is 11.8. The van der Waals surface area contributed by atoms with Crippen molar-refractivity contribution in [3.63, 3.8) is 0 Å². The Morgan fingerprint density at radius 1 is 1.16 bits per heavy atom. The minimum atomic E-state index is -0.301. The molecule has 0 bridgehead atoms. The zero-order valence-electron chi connectivity index (χ0n) is 21.0. The fourth-order valence-corrected chi connectivity index (χ4v) is 5.36. The zero-order valence-corrected chi connectivity index (χ0v) is 22.6. The Morgan fingerprint density at radius 2 is 1.97 bits per heavy atom. The smallest absolute Gasteiger partial charge is 0.347 e. The van der Waals surface area contributed by atoms with Gasteiger partial charge < -0.3 is 14.8 Å².